The molecule has 5 nitrogen and oxygen atoms in total. The minimum atomic E-state index is -0.312. The first kappa shape index (κ1) is 15.1. The minimum Gasteiger partial charge on any atom is -0.507 e. The first-order valence-electron chi connectivity index (χ1n) is 6.96. The van der Waals surface area contributed by atoms with Gasteiger partial charge in [-0.3, -0.25) is 9.89 Å². The molecule has 0 atom stereocenters. The zero-order valence-corrected chi connectivity index (χ0v) is 13.1. The number of hydrogen-bond donors (Lipinski definition) is 3. The van der Waals surface area contributed by atoms with Crippen molar-refractivity contribution < 1.29 is 9.90 Å². The molecule has 0 aliphatic heterocycles. The number of aromatic hydroxyl groups is 1. The molecule has 1 heterocycles. The third kappa shape index (κ3) is 3.19. The lowest BCUT2D eigenvalue weighted by Gasteiger charge is -2.04. The van der Waals surface area contributed by atoms with Crippen LogP contribution in [0.15, 0.2) is 48.5 Å². The van der Waals surface area contributed by atoms with Gasteiger partial charge in [-0.25, -0.2) is 0 Å². The number of phenols is 1. The van der Waals surface area contributed by atoms with Crippen molar-refractivity contribution in [3.63, 3.8) is 0 Å². The number of benzene rings is 2. The van der Waals surface area contributed by atoms with Crippen molar-refractivity contribution in [3.8, 4) is 17.0 Å². The quantitative estimate of drug-likeness (QED) is 0.680. The summed E-state index contributed by atoms with van der Waals surface area (Å²) in [5.41, 5.74) is 2.67. The van der Waals surface area contributed by atoms with Gasteiger partial charge >= 0.3 is 0 Å². The number of rotatable bonds is 3. The van der Waals surface area contributed by atoms with Crippen molar-refractivity contribution in [1.82, 2.24) is 10.2 Å². The smallest absolute Gasteiger partial charge is 0.273 e. The molecule has 0 fully saturated rings. The number of aromatic nitrogens is 2. The van der Waals surface area contributed by atoms with E-state index in [0.717, 1.165) is 5.56 Å². The summed E-state index contributed by atoms with van der Waals surface area (Å²) in [6.45, 7) is 1.80. The van der Waals surface area contributed by atoms with Crippen LogP contribution in [-0.4, -0.2) is 21.2 Å². The number of carbonyl (C=O) groups excluding carboxylic acids is 1. The summed E-state index contributed by atoms with van der Waals surface area (Å²) < 4.78 is 0. The lowest BCUT2D eigenvalue weighted by atomic mass is 10.1. The molecule has 1 aromatic heterocycles. The summed E-state index contributed by atoms with van der Waals surface area (Å²) >= 11 is 6.08. The fraction of sp³-hybridized carbons (Fsp3) is 0.0588. The molecule has 0 bridgehead atoms. The van der Waals surface area contributed by atoms with Crippen LogP contribution in [0.2, 0.25) is 5.02 Å². The van der Waals surface area contributed by atoms with Gasteiger partial charge in [-0.2, -0.15) is 5.10 Å². The van der Waals surface area contributed by atoms with Crippen molar-refractivity contribution in [3.05, 3.63) is 64.8 Å². The second-order valence-electron chi connectivity index (χ2n) is 5.11. The Bertz CT molecular complexity index is 860. The van der Waals surface area contributed by atoms with E-state index in [4.69, 9.17) is 11.6 Å². The lowest BCUT2D eigenvalue weighted by Crippen LogP contribution is -2.12. The summed E-state index contributed by atoms with van der Waals surface area (Å²) in [7, 11) is 0. The van der Waals surface area contributed by atoms with Crippen molar-refractivity contribution in [1.29, 1.82) is 0 Å². The molecular formula is C17H14ClN3O2. The number of nitrogens with one attached hydrogen (secondary N) is 2. The van der Waals surface area contributed by atoms with E-state index >= 15 is 0 Å². The zero-order chi connectivity index (χ0) is 16.4. The van der Waals surface area contributed by atoms with E-state index in [1.165, 1.54) is 0 Å². The van der Waals surface area contributed by atoms with Gasteiger partial charge in [-0.15, -0.1) is 0 Å². The van der Waals surface area contributed by atoms with E-state index in [-0.39, 0.29) is 11.7 Å². The number of amides is 1. The Balaban J connectivity index is 1.86. The first-order chi connectivity index (χ1) is 11.0. The SMILES string of the molecule is Cc1cc(O)c(-c2cc(C(=O)Nc3ccccc3)[nH]n2)cc1Cl. The summed E-state index contributed by atoms with van der Waals surface area (Å²) in [4.78, 5) is 12.2. The number of H-pyrrole nitrogens is 1. The Hall–Kier alpha value is -2.79. The molecule has 0 saturated carbocycles. The number of aryl methyl sites for hydroxylation is 1. The second-order valence-corrected chi connectivity index (χ2v) is 5.51. The van der Waals surface area contributed by atoms with E-state index in [2.05, 4.69) is 15.5 Å². The Morgan fingerprint density at radius 2 is 1.96 bits per heavy atom. The van der Waals surface area contributed by atoms with Crippen LogP contribution in [0.5, 0.6) is 5.75 Å². The van der Waals surface area contributed by atoms with Crippen LogP contribution < -0.4 is 5.32 Å². The minimum absolute atomic E-state index is 0.0633. The molecule has 3 rings (SSSR count). The van der Waals surface area contributed by atoms with Gasteiger partial charge in [-0.1, -0.05) is 29.8 Å². The number of anilines is 1. The number of hydrogen-bond acceptors (Lipinski definition) is 3. The Labute approximate surface area is 137 Å². The molecule has 1 amide bonds. The molecule has 3 N–H and O–H groups in total. The molecule has 0 spiro atoms. The van der Waals surface area contributed by atoms with Gasteiger partial charge in [0, 0.05) is 16.3 Å². The van der Waals surface area contributed by atoms with E-state index in [1.54, 1.807) is 37.3 Å². The van der Waals surface area contributed by atoms with Crippen LogP contribution in [0.1, 0.15) is 16.1 Å². The van der Waals surface area contributed by atoms with Gasteiger partial charge in [0.05, 0.1) is 5.69 Å². The number of nitrogens with zero attached hydrogens (tertiary/aromatic N) is 1. The lowest BCUT2D eigenvalue weighted by molar-refractivity contribution is 0.102. The highest BCUT2D eigenvalue weighted by Gasteiger charge is 2.14. The fourth-order valence-electron chi connectivity index (χ4n) is 2.17. The highest BCUT2D eigenvalue weighted by Crippen LogP contribution is 2.33. The molecule has 3 aromatic rings. The van der Waals surface area contributed by atoms with Gasteiger partial charge in [-0.05, 0) is 42.8 Å². The first-order valence-corrected chi connectivity index (χ1v) is 7.33. The van der Waals surface area contributed by atoms with Gasteiger partial charge in [0.2, 0.25) is 0 Å². The molecule has 0 unspecified atom stereocenters. The van der Waals surface area contributed by atoms with Crippen LogP contribution in [-0.2, 0) is 0 Å². The predicted molar refractivity (Wildman–Crippen MR) is 89.8 cm³/mol. The average Bonchev–Trinajstić information content (AvgIpc) is 3.02. The topological polar surface area (TPSA) is 78.0 Å². The van der Waals surface area contributed by atoms with E-state index in [0.29, 0.717) is 27.7 Å². The van der Waals surface area contributed by atoms with E-state index in [9.17, 15) is 9.90 Å². The van der Waals surface area contributed by atoms with Gasteiger partial charge in [0.25, 0.3) is 5.91 Å². The number of carbonyl (C=O) groups is 1. The summed E-state index contributed by atoms with van der Waals surface area (Å²) in [6.07, 6.45) is 0. The highest BCUT2D eigenvalue weighted by molar-refractivity contribution is 6.31. The number of phenolic OH excluding ortho intramolecular Hbond substituents is 1. The molecule has 0 radical (unpaired) electrons. The van der Waals surface area contributed by atoms with Crippen LogP contribution in [0.4, 0.5) is 5.69 Å². The molecule has 0 aliphatic rings. The largest absolute Gasteiger partial charge is 0.507 e. The Morgan fingerprint density at radius 3 is 2.70 bits per heavy atom. The highest BCUT2D eigenvalue weighted by atomic mass is 35.5. The summed E-state index contributed by atoms with van der Waals surface area (Å²) in [6, 6.07) is 13.9. The maximum Gasteiger partial charge on any atom is 0.273 e. The van der Waals surface area contributed by atoms with Crippen LogP contribution in [0.3, 0.4) is 0 Å². The van der Waals surface area contributed by atoms with Crippen molar-refractivity contribution >= 4 is 23.2 Å². The Kier molecular flexibility index (Phi) is 4.04. The predicted octanol–water partition coefficient (Wildman–Crippen LogP) is 4.00. The van der Waals surface area contributed by atoms with E-state index < -0.39 is 0 Å². The van der Waals surface area contributed by atoms with Crippen molar-refractivity contribution in [2.75, 3.05) is 5.32 Å². The van der Waals surface area contributed by atoms with Gasteiger partial charge in [0.1, 0.15) is 11.4 Å². The molecular weight excluding hydrogens is 314 g/mol. The monoisotopic (exact) mass is 327 g/mol. The molecule has 116 valence electrons. The molecule has 2 aromatic carbocycles. The Morgan fingerprint density at radius 1 is 1.22 bits per heavy atom. The fourth-order valence-corrected chi connectivity index (χ4v) is 2.33. The normalized spacial score (nSPS) is 10.5. The summed E-state index contributed by atoms with van der Waals surface area (Å²) in [5, 5.41) is 20.1. The zero-order valence-electron chi connectivity index (χ0n) is 12.3. The second kappa shape index (κ2) is 6.14. The van der Waals surface area contributed by atoms with Crippen LogP contribution in [0.25, 0.3) is 11.3 Å². The number of aromatic amines is 1. The van der Waals surface area contributed by atoms with Crippen molar-refractivity contribution in [2.45, 2.75) is 6.92 Å². The van der Waals surface area contributed by atoms with Crippen molar-refractivity contribution in [2.24, 2.45) is 0 Å². The maximum absolute atomic E-state index is 12.2. The van der Waals surface area contributed by atoms with Crippen LogP contribution >= 0.6 is 11.6 Å². The molecule has 6 heteroatoms. The third-order valence-electron chi connectivity index (χ3n) is 3.41. The van der Waals surface area contributed by atoms with Crippen LogP contribution in [0, 0.1) is 6.92 Å². The maximum atomic E-state index is 12.2. The van der Waals surface area contributed by atoms with Gasteiger partial charge in [0.15, 0.2) is 0 Å². The molecule has 0 aliphatic carbocycles. The molecule has 23 heavy (non-hydrogen) atoms. The third-order valence-corrected chi connectivity index (χ3v) is 3.81. The standard InChI is InChI=1S/C17H14ClN3O2/c1-10-7-16(22)12(8-13(10)18)14-9-15(21-20-14)17(23)19-11-5-3-2-4-6-11/h2-9,22H,1H3,(H,19,23)(H,20,21). The van der Waals surface area contributed by atoms with E-state index in [1.807, 2.05) is 18.2 Å². The number of halogens is 1. The van der Waals surface area contributed by atoms with Gasteiger partial charge < -0.3 is 10.4 Å². The average molecular weight is 328 g/mol. The molecule has 0 saturated heterocycles. The number of para-hydroxylation sites is 1. The summed E-state index contributed by atoms with van der Waals surface area (Å²) in [5.74, 6) is -0.249.